The third-order valence-corrected chi connectivity index (χ3v) is 5.84. The molecule has 1 atom stereocenters. The lowest BCUT2D eigenvalue weighted by atomic mass is 10.0. The van der Waals surface area contributed by atoms with Gasteiger partial charge in [0.15, 0.2) is 5.96 Å². The summed E-state index contributed by atoms with van der Waals surface area (Å²) >= 11 is 0. The Hall–Kier alpha value is -0.770. The lowest BCUT2D eigenvalue weighted by Gasteiger charge is -2.36. The zero-order valence-electron chi connectivity index (χ0n) is 19.9. The van der Waals surface area contributed by atoms with Crippen LogP contribution < -0.4 is 10.6 Å². The summed E-state index contributed by atoms with van der Waals surface area (Å²) < 4.78 is 5.42. The normalized spacial score (nSPS) is 20.4. The average Bonchev–Trinajstić information content (AvgIpc) is 3.19. The van der Waals surface area contributed by atoms with E-state index in [2.05, 4.69) is 27.4 Å². The number of amides is 1. The number of ether oxygens (including phenoxy) is 1. The lowest BCUT2D eigenvalue weighted by Crippen LogP contribution is -2.51. The predicted octanol–water partition coefficient (Wildman–Crippen LogP) is 3.68. The number of rotatable bonds is 6. The van der Waals surface area contributed by atoms with Crippen molar-refractivity contribution in [3.8, 4) is 0 Å². The van der Waals surface area contributed by atoms with E-state index in [1.165, 1.54) is 51.6 Å². The molecule has 2 rings (SSSR count). The van der Waals surface area contributed by atoms with Crippen molar-refractivity contribution >= 4 is 36.0 Å². The number of hydrogen-bond acceptors (Lipinski definition) is 4. The Labute approximate surface area is 200 Å². The van der Waals surface area contributed by atoms with Crippen molar-refractivity contribution in [1.82, 2.24) is 20.4 Å². The highest BCUT2D eigenvalue weighted by Gasteiger charge is 2.27. The number of aliphatic imine (C=N–C) groups is 1. The Morgan fingerprint density at radius 1 is 1.20 bits per heavy atom. The maximum Gasteiger partial charge on any atom is 0.410 e. The van der Waals surface area contributed by atoms with Crippen LogP contribution in [-0.4, -0.2) is 79.8 Å². The van der Waals surface area contributed by atoms with E-state index in [0.717, 1.165) is 18.5 Å². The van der Waals surface area contributed by atoms with Gasteiger partial charge in [-0.1, -0.05) is 19.8 Å². The molecule has 0 spiro atoms. The highest BCUT2D eigenvalue weighted by molar-refractivity contribution is 14.0. The van der Waals surface area contributed by atoms with Gasteiger partial charge in [0, 0.05) is 52.4 Å². The fraction of sp³-hybridized carbons (Fsp3) is 0.909. The maximum atomic E-state index is 12.1. The first kappa shape index (κ1) is 27.3. The van der Waals surface area contributed by atoms with Gasteiger partial charge in [-0.2, -0.15) is 0 Å². The topological polar surface area (TPSA) is 69.2 Å². The Balaban J connectivity index is 0.00000450. The molecule has 2 fully saturated rings. The first-order valence-electron chi connectivity index (χ1n) is 11.3. The zero-order valence-corrected chi connectivity index (χ0v) is 22.2. The van der Waals surface area contributed by atoms with Crippen LogP contribution in [0.2, 0.25) is 0 Å². The van der Waals surface area contributed by atoms with Crippen LogP contribution in [0.25, 0.3) is 0 Å². The first-order valence-corrected chi connectivity index (χ1v) is 11.3. The number of piperidine rings is 1. The van der Waals surface area contributed by atoms with Gasteiger partial charge in [-0.15, -0.1) is 24.0 Å². The molecule has 30 heavy (non-hydrogen) atoms. The van der Waals surface area contributed by atoms with Crippen molar-refractivity contribution in [1.29, 1.82) is 0 Å². The van der Waals surface area contributed by atoms with Crippen LogP contribution in [0.4, 0.5) is 4.79 Å². The molecular weight excluding hydrogens is 493 g/mol. The SMILES string of the molecule is CN=C(NCC(C)CN(C)C(=O)OC(C)(C)C)NC1CCN(C2CCCC2)CC1.I. The molecule has 1 amide bonds. The molecule has 0 aromatic carbocycles. The van der Waals surface area contributed by atoms with Crippen LogP contribution in [0.5, 0.6) is 0 Å². The third kappa shape index (κ3) is 9.58. The lowest BCUT2D eigenvalue weighted by molar-refractivity contribution is 0.0278. The largest absolute Gasteiger partial charge is 0.444 e. The van der Waals surface area contributed by atoms with Gasteiger partial charge in [-0.05, 0) is 52.4 Å². The van der Waals surface area contributed by atoms with Gasteiger partial charge in [-0.25, -0.2) is 4.79 Å². The van der Waals surface area contributed by atoms with E-state index >= 15 is 0 Å². The second kappa shape index (κ2) is 12.9. The maximum absolute atomic E-state index is 12.1. The molecule has 176 valence electrons. The molecule has 1 aliphatic heterocycles. The van der Waals surface area contributed by atoms with Crippen LogP contribution >= 0.6 is 24.0 Å². The van der Waals surface area contributed by atoms with Crippen molar-refractivity contribution < 1.29 is 9.53 Å². The minimum Gasteiger partial charge on any atom is -0.444 e. The summed E-state index contributed by atoms with van der Waals surface area (Å²) in [4.78, 5) is 20.8. The summed E-state index contributed by atoms with van der Waals surface area (Å²) in [6.45, 7) is 11.6. The van der Waals surface area contributed by atoms with Gasteiger partial charge < -0.3 is 25.2 Å². The summed E-state index contributed by atoms with van der Waals surface area (Å²) in [6, 6.07) is 1.31. The number of carbonyl (C=O) groups excluding carboxylic acids is 1. The van der Waals surface area contributed by atoms with Gasteiger partial charge in [0.2, 0.25) is 0 Å². The van der Waals surface area contributed by atoms with Crippen molar-refractivity contribution in [3.63, 3.8) is 0 Å². The van der Waals surface area contributed by atoms with E-state index in [1.54, 1.807) is 11.9 Å². The molecule has 2 N–H and O–H groups in total. The summed E-state index contributed by atoms with van der Waals surface area (Å²) in [6.07, 6.45) is 7.65. The van der Waals surface area contributed by atoms with Crippen LogP contribution in [0, 0.1) is 5.92 Å². The number of carbonyl (C=O) groups is 1. The standard InChI is InChI=1S/C22H43N5O2.HI/c1-17(16-26(6)21(28)29-22(2,3)4)15-24-20(23-5)25-18-11-13-27(14-12-18)19-9-7-8-10-19;/h17-19H,7-16H2,1-6H3,(H2,23,24,25);1H. The molecule has 0 aromatic rings. The van der Waals surface area contributed by atoms with Crippen molar-refractivity contribution in [3.05, 3.63) is 0 Å². The van der Waals surface area contributed by atoms with Crippen molar-refractivity contribution in [2.75, 3.05) is 40.3 Å². The summed E-state index contributed by atoms with van der Waals surface area (Å²) in [5, 5.41) is 7.01. The smallest absolute Gasteiger partial charge is 0.410 e. The van der Waals surface area contributed by atoms with E-state index in [4.69, 9.17) is 4.74 Å². The van der Waals surface area contributed by atoms with Crippen molar-refractivity contribution in [2.24, 2.45) is 10.9 Å². The second-order valence-corrected chi connectivity index (χ2v) is 9.81. The van der Waals surface area contributed by atoms with E-state index in [1.807, 2.05) is 27.8 Å². The first-order chi connectivity index (χ1) is 13.7. The molecule has 1 saturated heterocycles. The Kier molecular flexibility index (Phi) is 11.8. The second-order valence-electron chi connectivity index (χ2n) is 9.81. The molecule has 0 bridgehead atoms. The summed E-state index contributed by atoms with van der Waals surface area (Å²) in [7, 11) is 3.61. The number of guanidine groups is 1. The van der Waals surface area contributed by atoms with Gasteiger partial charge >= 0.3 is 6.09 Å². The summed E-state index contributed by atoms with van der Waals surface area (Å²) in [5.41, 5.74) is -0.466. The molecule has 0 radical (unpaired) electrons. The minimum atomic E-state index is -0.466. The predicted molar refractivity (Wildman–Crippen MR) is 135 cm³/mol. The molecule has 2 aliphatic rings. The van der Waals surface area contributed by atoms with Crippen LogP contribution in [0.1, 0.15) is 66.2 Å². The Morgan fingerprint density at radius 3 is 2.33 bits per heavy atom. The minimum absolute atomic E-state index is 0. The van der Waals surface area contributed by atoms with Gasteiger partial charge in [0.05, 0.1) is 0 Å². The Bertz CT molecular complexity index is 538. The number of likely N-dealkylation sites (tertiary alicyclic amines) is 1. The van der Waals surface area contributed by atoms with E-state index in [9.17, 15) is 4.79 Å². The number of nitrogens with zero attached hydrogens (tertiary/aromatic N) is 3. The molecule has 1 saturated carbocycles. The zero-order chi connectivity index (χ0) is 21.4. The number of halogens is 1. The number of nitrogens with one attached hydrogen (secondary N) is 2. The summed E-state index contributed by atoms with van der Waals surface area (Å²) in [5.74, 6) is 1.14. The monoisotopic (exact) mass is 537 g/mol. The molecule has 0 aromatic heterocycles. The quantitative estimate of drug-likeness (QED) is 0.308. The molecule has 1 unspecified atom stereocenters. The Morgan fingerprint density at radius 2 is 1.80 bits per heavy atom. The van der Waals surface area contributed by atoms with Gasteiger partial charge in [0.1, 0.15) is 5.60 Å². The van der Waals surface area contributed by atoms with Crippen LogP contribution in [0.15, 0.2) is 4.99 Å². The van der Waals surface area contributed by atoms with Crippen molar-refractivity contribution in [2.45, 2.75) is 83.9 Å². The molecule has 8 heteroatoms. The van der Waals surface area contributed by atoms with E-state index < -0.39 is 5.60 Å². The molecule has 7 nitrogen and oxygen atoms in total. The molecule has 1 aliphatic carbocycles. The van der Waals surface area contributed by atoms with E-state index in [-0.39, 0.29) is 36.0 Å². The fourth-order valence-electron chi connectivity index (χ4n) is 4.28. The fourth-order valence-corrected chi connectivity index (χ4v) is 4.28. The van der Waals surface area contributed by atoms with Crippen LogP contribution in [0.3, 0.4) is 0 Å². The third-order valence-electron chi connectivity index (χ3n) is 5.84. The van der Waals surface area contributed by atoms with Gasteiger partial charge in [-0.3, -0.25) is 4.99 Å². The highest BCUT2D eigenvalue weighted by atomic mass is 127. The van der Waals surface area contributed by atoms with E-state index in [0.29, 0.717) is 12.6 Å². The van der Waals surface area contributed by atoms with Gasteiger partial charge in [0.25, 0.3) is 0 Å². The highest BCUT2D eigenvalue weighted by Crippen LogP contribution is 2.26. The van der Waals surface area contributed by atoms with Crippen LogP contribution in [-0.2, 0) is 4.74 Å². The average molecular weight is 538 g/mol. The molecular formula is C22H44IN5O2. The molecule has 1 heterocycles. The number of hydrogen-bond donors (Lipinski definition) is 2.